The van der Waals surface area contributed by atoms with Gasteiger partial charge in [0.1, 0.15) is 0 Å². The van der Waals surface area contributed by atoms with Crippen molar-refractivity contribution in [3.05, 3.63) is 0 Å². The van der Waals surface area contributed by atoms with Crippen molar-refractivity contribution in [2.24, 2.45) is 11.8 Å². The lowest BCUT2D eigenvalue weighted by molar-refractivity contribution is -0.125. The molecule has 2 atom stereocenters. The molecule has 2 unspecified atom stereocenters. The summed E-state index contributed by atoms with van der Waals surface area (Å²) in [7, 11) is 0. The summed E-state index contributed by atoms with van der Waals surface area (Å²) in [4.78, 5) is 12.8. The van der Waals surface area contributed by atoms with Gasteiger partial charge in [0.15, 0.2) is 0 Å². The van der Waals surface area contributed by atoms with E-state index < -0.39 is 0 Å². The maximum atomic E-state index is 12.2. The van der Waals surface area contributed by atoms with Gasteiger partial charge in [-0.25, -0.2) is 0 Å². The van der Waals surface area contributed by atoms with Crippen LogP contribution >= 0.6 is 15.9 Å². The highest BCUT2D eigenvalue weighted by atomic mass is 79.9. The van der Waals surface area contributed by atoms with Gasteiger partial charge in [-0.05, 0) is 31.6 Å². The standard InChI is InChI=1S/C15H26BrNO/c16-14-10-6-9-13(14)11-17-15(18)12-7-4-2-1-3-5-8-12/h12-14H,1-11H2,(H,17,18). The molecule has 2 saturated carbocycles. The normalized spacial score (nSPS) is 30.7. The molecule has 2 nitrogen and oxygen atoms in total. The minimum atomic E-state index is 0.292. The molecule has 0 saturated heterocycles. The van der Waals surface area contributed by atoms with Crippen LogP contribution in [0.4, 0.5) is 0 Å². The first-order chi connectivity index (χ1) is 8.77. The summed E-state index contributed by atoms with van der Waals surface area (Å²) in [5, 5.41) is 3.20. The number of alkyl halides is 1. The van der Waals surface area contributed by atoms with Crippen LogP contribution in [0.25, 0.3) is 0 Å². The quantitative estimate of drug-likeness (QED) is 0.783. The molecule has 2 aliphatic carbocycles. The molecular weight excluding hydrogens is 290 g/mol. The summed E-state index contributed by atoms with van der Waals surface area (Å²) in [6.45, 7) is 0.880. The van der Waals surface area contributed by atoms with Crippen LogP contribution in [0.15, 0.2) is 0 Å². The smallest absolute Gasteiger partial charge is 0.223 e. The van der Waals surface area contributed by atoms with Crippen molar-refractivity contribution in [1.29, 1.82) is 0 Å². The molecule has 0 heterocycles. The number of hydrogen-bond acceptors (Lipinski definition) is 1. The second-order valence-corrected chi connectivity index (χ2v) is 7.17. The van der Waals surface area contributed by atoms with E-state index >= 15 is 0 Å². The molecule has 0 aromatic heterocycles. The molecule has 0 aromatic rings. The Morgan fingerprint density at radius 2 is 1.61 bits per heavy atom. The molecular formula is C15H26BrNO. The molecule has 0 aliphatic heterocycles. The van der Waals surface area contributed by atoms with Crippen molar-refractivity contribution in [1.82, 2.24) is 5.32 Å². The minimum Gasteiger partial charge on any atom is -0.356 e. The molecule has 2 rings (SSSR count). The third kappa shape index (κ3) is 4.25. The lowest BCUT2D eigenvalue weighted by atomic mass is 9.90. The van der Waals surface area contributed by atoms with Crippen molar-refractivity contribution in [3.63, 3.8) is 0 Å². The Kier molecular flexibility index (Phi) is 6.00. The van der Waals surface area contributed by atoms with Gasteiger partial charge in [-0.3, -0.25) is 4.79 Å². The first-order valence-electron chi connectivity index (χ1n) is 7.69. The van der Waals surface area contributed by atoms with Gasteiger partial charge in [0.05, 0.1) is 0 Å². The van der Waals surface area contributed by atoms with Crippen molar-refractivity contribution in [2.45, 2.75) is 69.0 Å². The van der Waals surface area contributed by atoms with Crippen LogP contribution in [0.1, 0.15) is 64.2 Å². The number of amides is 1. The average Bonchev–Trinajstić information content (AvgIpc) is 2.71. The van der Waals surface area contributed by atoms with Gasteiger partial charge >= 0.3 is 0 Å². The van der Waals surface area contributed by atoms with Crippen LogP contribution in [0.3, 0.4) is 0 Å². The maximum absolute atomic E-state index is 12.2. The summed E-state index contributed by atoms with van der Waals surface area (Å²) < 4.78 is 0. The van der Waals surface area contributed by atoms with Crippen molar-refractivity contribution < 1.29 is 4.79 Å². The Balaban J connectivity index is 1.72. The average molecular weight is 316 g/mol. The number of hydrogen-bond donors (Lipinski definition) is 1. The number of rotatable bonds is 3. The monoisotopic (exact) mass is 315 g/mol. The fourth-order valence-electron chi connectivity index (χ4n) is 3.32. The molecule has 3 heteroatoms. The topological polar surface area (TPSA) is 29.1 Å². The summed E-state index contributed by atoms with van der Waals surface area (Å²) in [5.74, 6) is 1.27. The molecule has 0 aromatic carbocycles. The van der Waals surface area contributed by atoms with Gasteiger partial charge in [0.2, 0.25) is 5.91 Å². The Bertz CT molecular complexity index is 261. The maximum Gasteiger partial charge on any atom is 0.223 e. The second-order valence-electron chi connectivity index (χ2n) is 5.99. The van der Waals surface area contributed by atoms with E-state index in [1.54, 1.807) is 0 Å². The number of nitrogens with one attached hydrogen (secondary N) is 1. The van der Waals surface area contributed by atoms with Crippen molar-refractivity contribution in [3.8, 4) is 0 Å². The third-order valence-electron chi connectivity index (χ3n) is 4.58. The zero-order valence-electron chi connectivity index (χ0n) is 11.3. The Hall–Kier alpha value is -0.0500. The molecule has 1 amide bonds. The lowest BCUT2D eigenvalue weighted by Gasteiger charge is -2.21. The minimum absolute atomic E-state index is 0.292. The molecule has 0 spiro atoms. The van der Waals surface area contributed by atoms with Gasteiger partial charge < -0.3 is 5.32 Å². The third-order valence-corrected chi connectivity index (χ3v) is 5.79. The number of halogens is 1. The van der Waals surface area contributed by atoms with Gasteiger partial charge in [-0.1, -0.05) is 54.5 Å². The molecule has 18 heavy (non-hydrogen) atoms. The molecule has 2 aliphatic rings. The number of carbonyl (C=O) groups is 1. The fraction of sp³-hybridized carbons (Fsp3) is 0.933. The lowest BCUT2D eigenvalue weighted by Crippen LogP contribution is -2.35. The highest BCUT2D eigenvalue weighted by Gasteiger charge is 2.26. The Morgan fingerprint density at radius 3 is 2.22 bits per heavy atom. The second kappa shape index (κ2) is 7.52. The summed E-state index contributed by atoms with van der Waals surface area (Å²) in [5.41, 5.74) is 0. The molecule has 2 fully saturated rings. The Morgan fingerprint density at radius 1 is 0.944 bits per heavy atom. The van der Waals surface area contributed by atoms with E-state index in [2.05, 4.69) is 21.2 Å². The Labute approximate surface area is 119 Å². The summed E-state index contributed by atoms with van der Waals surface area (Å²) >= 11 is 3.72. The van der Waals surface area contributed by atoms with Crippen LogP contribution in [-0.4, -0.2) is 17.3 Å². The zero-order valence-corrected chi connectivity index (χ0v) is 12.9. The van der Waals surface area contributed by atoms with E-state index in [4.69, 9.17) is 0 Å². The van der Waals surface area contributed by atoms with Gasteiger partial charge in [0, 0.05) is 17.3 Å². The molecule has 0 radical (unpaired) electrons. The highest BCUT2D eigenvalue weighted by molar-refractivity contribution is 9.09. The fourth-order valence-corrected chi connectivity index (χ4v) is 4.09. The van der Waals surface area contributed by atoms with Crippen LogP contribution in [0, 0.1) is 11.8 Å². The van der Waals surface area contributed by atoms with Crippen LogP contribution in [0.5, 0.6) is 0 Å². The van der Waals surface area contributed by atoms with E-state index in [1.807, 2.05) is 0 Å². The van der Waals surface area contributed by atoms with E-state index in [-0.39, 0.29) is 0 Å². The first-order valence-corrected chi connectivity index (χ1v) is 8.60. The van der Waals surface area contributed by atoms with E-state index in [1.165, 1.54) is 51.4 Å². The van der Waals surface area contributed by atoms with E-state index in [9.17, 15) is 4.79 Å². The van der Waals surface area contributed by atoms with E-state index in [0.717, 1.165) is 19.4 Å². The number of carbonyl (C=O) groups excluding carboxylic acids is 1. The van der Waals surface area contributed by atoms with Crippen LogP contribution in [0.2, 0.25) is 0 Å². The first kappa shape index (κ1) is 14.4. The molecule has 1 N–H and O–H groups in total. The zero-order chi connectivity index (χ0) is 12.8. The van der Waals surface area contributed by atoms with Crippen LogP contribution < -0.4 is 5.32 Å². The summed E-state index contributed by atoms with van der Waals surface area (Å²) in [6.07, 6.45) is 12.5. The van der Waals surface area contributed by atoms with Gasteiger partial charge in [-0.15, -0.1) is 0 Å². The van der Waals surface area contributed by atoms with Crippen molar-refractivity contribution in [2.75, 3.05) is 6.54 Å². The van der Waals surface area contributed by atoms with Crippen molar-refractivity contribution >= 4 is 21.8 Å². The molecule has 104 valence electrons. The van der Waals surface area contributed by atoms with E-state index in [0.29, 0.717) is 22.6 Å². The summed E-state index contributed by atoms with van der Waals surface area (Å²) in [6, 6.07) is 0. The van der Waals surface area contributed by atoms with Crippen LogP contribution in [-0.2, 0) is 4.79 Å². The van der Waals surface area contributed by atoms with Gasteiger partial charge in [0.25, 0.3) is 0 Å². The predicted octanol–water partition coefficient (Wildman–Crippen LogP) is 4.03. The largest absolute Gasteiger partial charge is 0.356 e. The highest BCUT2D eigenvalue weighted by Crippen LogP contribution is 2.31. The SMILES string of the molecule is O=C(NCC1CCCC1Br)C1CCCCCCC1. The predicted molar refractivity (Wildman–Crippen MR) is 78.9 cm³/mol. The van der Waals surface area contributed by atoms with Gasteiger partial charge in [-0.2, -0.15) is 0 Å². The molecule has 0 bridgehead atoms.